The Hall–Kier alpha value is -3.78. The quantitative estimate of drug-likeness (QED) is 0.377. The minimum absolute atomic E-state index is 0.113. The zero-order valence-electron chi connectivity index (χ0n) is 18.5. The second-order valence-corrected chi connectivity index (χ2v) is 8.40. The van der Waals surface area contributed by atoms with Crippen molar-refractivity contribution in [2.45, 2.75) is 38.4 Å². The predicted molar refractivity (Wildman–Crippen MR) is 126 cm³/mol. The van der Waals surface area contributed by atoms with Crippen molar-refractivity contribution in [1.29, 1.82) is 0 Å². The predicted octanol–water partition coefficient (Wildman–Crippen LogP) is 2.79. The number of aromatic nitrogens is 3. The number of hydrogen-bond acceptors (Lipinski definition) is 5. The molecule has 2 unspecified atom stereocenters. The molecule has 2 aromatic carbocycles. The lowest BCUT2D eigenvalue weighted by Crippen LogP contribution is -2.43. The van der Waals surface area contributed by atoms with Crippen LogP contribution in [0.3, 0.4) is 0 Å². The van der Waals surface area contributed by atoms with Crippen LogP contribution >= 0.6 is 0 Å². The van der Waals surface area contributed by atoms with Crippen LogP contribution in [-0.2, 0) is 13.0 Å². The average molecular weight is 447 g/mol. The number of H-pyrrole nitrogens is 2. The molecule has 0 saturated carbocycles. The summed E-state index contributed by atoms with van der Waals surface area (Å²) < 4.78 is 6.38. The molecule has 4 N–H and O–H groups in total. The van der Waals surface area contributed by atoms with Crippen molar-refractivity contribution in [2.24, 2.45) is 0 Å². The van der Waals surface area contributed by atoms with Gasteiger partial charge in [0, 0.05) is 22.6 Å². The van der Waals surface area contributed by atoms with Crippen LogP contribution in [0.25, 0.3) is 10.9 Å². The summed E-state index contributed by atoms with van der Waals surface area (Å²) in [5.41, 5.74) is 2.63. The number of ether oxygens (including phenoxy) is 1. The van der Waals surface area contributed by atoms with Crippen molar-refractivity contribution < 1.29 is 9.84 Å². The number of aromatic amines is 2. The number of fused-ring (bicyclic) bond motifs is 3. The molecule has 0 radical (unpaired) electrons. The Kier molecular flexibility index (Phi) is 5.30. The van der Waals surface area contributed by atoms with E-state index in [1.54, 1.807) is 19.2 Å². The minimum atomic E-state index is -0.656. The lowest BCUT2D eigenvalue weighted by Gasteiger charge is -2.31. The van der Waals surface area contributed by atoms with E-state index in [1.165, 1.54) is 4.57 Å². The number of rotatable bonds is 5. The van der Waals surface area contributed by atoms with Crippen molar-refractivity contribution in [1.82, 2.24) is 19.9 Å². The fraction of sp³-hybridized carbons (Fsp3) is 0.280. The number of nitrogens with one attached hydrogen (secondary N) is 3. The van der Waals surface area contributed by atoms with E-state index in [2.05, 4.69) is 28.3 Å². The van der Waals surface area contributed by atoms with E-state index in [0.717, 1.165) is 40.6 Å². The molecule has 170 valence electrons. The monoisotopic (exact) mass is 446 g/mol. The second kappa shape index (κ2) is 8.29. The molecule has 33 heavy (non-hydrogen) atoms. The molecule has 5 rings (SSSR count). The molecule has 1 aliphatic heterocycles. The van der Waals surface area contributed by atoms with Crippen molar-refractivity contribution in [3.8, 4) is 11.6 Å². The third-order valence-corrected chi connectivity index (χ3v) is 6.48. The number of benzene rings is 2. The molecule has 8 nitrogen and oxygen atoms in total. The first kappa shape index (κ1) is 21.1. The Morgan fingerprint density at radius 2 is 1.85 bits per heavy atom. The molecule has 8 heteroatoms. The van der Waals surface area contributed by atoms with Crippen molar-refractivity contribution in [3.63, 3.8) is 0 Å². The fourth-order valence-corrected chi connectivity index (χ4v) is 4.70. The Morgan fingerprint density at radius 1 is 1.09 bits per heavy atom. The van der Waals surface area contributed by atoms with Gasteiger partial charge in [-0.05, 0) is 42.2 Å². The molecule has 4 aromatic rings. The van der Waals surface area contributed by atoms with Crippen LogP contribution in [0.2, 0.25) is 0 Å². The maximum atomic E-state index is 13.0. The topological polar surface area (TPSA) is 112 Å². The van der Waals surface area contributed by atoms with E-state index in [0.29, 0.717) is 5.75 Å². The lowest BCUT2D eigenvalue weighted by molar-refractivity contribution is 0.372. The number of methoxy groups -OCH3 is 1. The Labute approximate surface area is 189 Å². The first-order valence-electron chi connectivity index (χ1n) is 11.0. The highest BCUT2D eigenvalue weighted by Gasteiger charge is 2.34. The third-order valence-electron chi connectivity index (χ3n) is 6.48. The number of para-hydroxylation sites is 1. The minimum Gasteiger partial charge on any atom is -0.497 e. The van der Waals surface area contributed by atoms with Crippen LogP contribution in [-0.4, -0.2) is 32.8 Å². The molecule has 3 heterocycles. The summed E-state index contributed by atoms with van der Waals surface area (Å²) in [4.78, 5) is 31.4. The van der Waals surface area contributed by atoms with Gasteiger partial charge in [-0.1, -0.05) is 37.3 Å². The Bertz CT molecular complexity index is 1430. The molecular weight excluding hydrogens is 420 g/mol. The maximum absolute atomic E-state index is 13.0. The van der Waals surface area contributed by atoms with Gasteiger partial charge in [0.15, 0.2) is 0 Å². The maximum Gasteiger partial charge on any atom is 0.331 e. The summed E-state index contributed by atoms with van der Waals surface area (Å²) in [6, 6.07) is 14.8. The van der Waals surface area contributed by atoms with E-state index >= 15 is 0 Å². The summed E-state index contributed by atoms with van der Waals surface area (Å²) in [5, 5.41) is 15.8. The van der Waals surface area contributed by atoms with Gasteiger partial charge in [-0.15, -0.1) is 0 Å². The molecule has 0 bridgehead atoms. The van der Waals surface area contributed by atoms with Gasteiger partial charge in [0.05, 0.1) is 19.7 Å². The van der Waals surface area contributed by atoms with Crippen molar-refractivity contribution >= 4 is 10.9 Å². The molecule has 1 aliphatic rings. The lowest BCUT2D eigenvalue weighted by atomic mass is 9.90. The van der Waals surface area contributed by atoms with Gasteiger partial charge in [-0.25, -0.2) is 4.79 Å². The van der Waals surface area contributed by atoms with E-state index in [1.807, 2.05) is 30.3 Å². The average Bonchev–Trinajstić information content (AvgIpc) is 3.20. The van der Waals surface area contributed by atoms with Crippen LogP contribution in [0.15, 0.2) is 58.1 Å². The molecule has 0 fully saturated rings. The van der Waals surface area contributed by atoms with Gasteiger partial charge in [-0.2, -0.15) is 0 Å². The summed E-state index contributed by atoms with van der Waals surface area (Å²) in [5.74, 6) is 0.360. The number of aromatic hydroxyl groups is 1. The largest absolute Gasteiger partial charge is 0.497 e. The Morgan fingerprint density at radius 3 is 2.58 bits per heavy atom. The smallest absolute Gasteiger partial charge is 0.331 e. The highest BCUT2D eigenvalue weighted by atomic mass is 16.5. The molecule has 0 saturated heterocycles. The van der Waals surface area contributed by atoms with Crippen molar-refractivity contribution in [2.75, 3.05) is 7.11 Å². The van der Waals surface area contributed by atoms with Crippen LogP contribution in [0.1, 0.15) is 41.8 Å². The molecule has 0 aliphatic carbocycles. The molecule has 0 amide bonds. The van der Waals surface area contributed by atoms with Gasteiger partial charge < -0.3 is 20.1 Å². The van der Waals surface area contributed by atoms with Gasteiger partial charge in [0.2, 0.25) is 5.88 Å². The molecule has 2 atom stereocenters. The fourth-order valence-electron chi connectivity index (χ4n) is 4.70. The zero-order valence-corrected chi connectivity index (χ0v) is 18.5. The van der Waals surface area contributed by atoms with Crippen LogP contribution in [0.5, 0.6) is 11.6 Å². The highest BCUT2D eigenvalue weighted by Crippen LogP contribution is 2.36. The molecule has 0 spiro atoms. The normalized spacial score (nSPS) is 17.8. The number of nitrogens with zero attached hydrogens (tertiary/aromatic N) is 1. The third kappa shape index (κ3) is 3.62. The van der Waals surface area contributed by atoms with Crippen LogP contribution in [0.4, 0.5) is 0 Å². The second-order valence-electron chi connectivity index (χ2n) is 8.40. The van der Waals surface area contributed by atoms with Gasteiger partial charge in [0.25, 0.3) is 5.56 Å². The summed E-state index contributed by atoms with van der Waals surface area (Å²) in [7, 11) is 1.58. The van der Waals surface area contributed by atoms with Crippen LogP contribution < -0.4 is 21.3 Å². The zero-order chi connectivity index (χ0) is 23.1. The van der Waals surface area contributed by atoms with E-state index in [-0.39, 0.29) is 24.0 Å². The van der Waals surface area contributed by atoms with Crippen molar-refractivity contribution in [3.05, 3.63) is 91.8 Å². The standard InChI is InChI=1S/C25H26N4O4/c1-3-15-12-18-17-6-4-5-7-19(17)27-21(18)22(26-15)20-23(30)28-25(32)29(24(20)31)13-14-8-10-16(33-2)11-9-14/h4-11,15,22,26-27,31H,3,12-13H2,1-2H3,(H,28,30,32). The first-order valence-corrected chi connectivity index (χ1v) is 11.0. The van der Waals surface area contributed by atoms with E-state index in [9.17, 15) is 14.7 Å². The van der Waals surface area contributed by atoms with Gasteiger partial charge in [-0.3, -0.25) is 14.3 Å². The highest BCUT2D eigenvalue weighted by molar-refractivity contribution is 5.85. The van der Waals surface area contributed by atoms with Gasteiger partial charge in [0.1, 0.15) is 11.3 Å². The first-order chi connectivity index (χ1) is 16.0. The van der Waals surface area contributed by atoms with E-state index in [4.69, 9.17) is 4.74 Å². The Balaban J connectivity index is 1.64. The molecule has 2 aromatic heterocycles. The molecular formula is C25H26N4O4. The van der Waals surface area contributed by atoms with Gasteiger partial charge >= 0.3 is 5.69 Å². The van der Waals surface area contributed by atoms with Crippen LogP contribution in [0, 0.1) is 0 Å². The summed E-state index contributed by atoms with van der Waals surface area (Å²) in [6.45, 7) is 2.20. The summed E-state index contributed by atoms with van der Waals surface area (Å²) >= 11 is 0. The SMILES string of the molecule is CCC1Cc2c([nH]c3ccccc23)C(c2c(O)n(Cc3ccc(OC)cc3)c(=O)[nH]c2=O)N1. The summed E-state index contributed by atoms with van der Waals surface area (Å²) in [6.07, 6.45) is 1.68. The number of hydrogen-bond donors (Lipinski definition) is 4. The van der Waals surface area contributed by atoms with E-state index < -0.39 is 17.3 Å².